The number of pyridine rings is 1. The lowest BCUT2D eigenvalue weighted by molar-refractivity contribution is 0.419. The summed E-state index contributed by atoms with van der Waals surface area (Å²) in [6.07, 6.45) is 5.55. The van der Waals surface area contributed by atoms with Gasteiger partial charge in [-0.25, -0.2) is 9.97 Å². The molecule has 3 rings (SSSR count). The van der Waals surface area contributed by atoms with Crippen LogP contribution in [0.4, 0.5) is 0 Å². The van der Waals surface area contributed by atoms with E-state index in [4.69, 9.17) is 9.72 Å². The number of fused-ring (bicyclic) bond motifs is 1. The van der Waals surface area contributed by atoms with Crippen molar-refractivity contribution < 1.29 is 4.74 Å². The van der Waals surface area contributed by atoms with Gasteiger partial charge in [0.1, 0.15) is 17.1 Å². The van der Waals surface area contributed by atoms with Crippen molar-refractivity contribution in [3.8, 4) is 5.75 Å². The molecular formula is C16H17N3O. The van der Waals surface area contributed by atoms with Crippen LogP contribution in [0.3, 0.4) is 0 Å². The Labute approximate surface area is 118 Å². The van der Waals surface area contributed by atoms with E-state index < -0.39 is 0 Å². The van der Waals surface area contributed by atoms with Crippen molar-refractivity contribution in [2.45, 2.75) is 12.8 Å². The SMILES string of the molecule is COc1cccc2ccc(CCc3nccn3C)nc12. The van der Waals surface area contributed by atoms with E-state index in [9.17, 15) is 0 Å². The van der Waals surface area contributed by atoms with Crippen molar-refractivity contribution in [2.75, 3.05) is 7.11 Å². The van der Waals surface area contributed by atoms with E-state index in [-0.39, 0.29) is 0 Å². The van der Waals surface area contributed by atoms with Gasteiger partial charge >= 0.3 is 0 Å². The van der Waals surface area contributed by atoms with Crippen LogP contribution in [0.2, 0.25) is 0 Å². The quantitative estimate of drug-likeness (QED) is 0.729. The highest BCUT2D eigenvalue weighted by Gasteiger charge is 2.05. The monoisotopic (exact) mass is 267 g/mol. The highest BCUT2D eigenvalue weighted by Crippen LogP contribution is 2.23. The van der Waals surface area contributed by atoms with Gasteiger partial charge in [-0.15, -0.1) is 0 Å². The Balaban J connectivity index is 1.87. The third kappa shape index (κ3) is 2.37. The van der Waals surface area contributed by atoms with Crippen LogP contribution in [-0.4, -0.2) is 21.6 Å². The largest absolute Gasteiger partial charge is 0.494 e. The molecule has 0 aliphatic rings. The van der Waals surface area contributed by atoms with Gasteiger partial charge in [0.15, 0.2) is 0 Å². The van der Waals surface area contributed by atoms with Gasteiger partial charge in [-0.3, -0.25) is 0 Å². The Morgan fingerprint density at radius 1 is 1.15 bits per heavy atom. The van der Waals surface area contributed by atoms with E-state index in [0.717, 1.165) is 41.0 Å². The van der Waals surface area contributed by atoms with Gasteiger partial charge < -0.3 is 9.30 Å². The highest BCUT2D eigenvalue weighted by atomic mass is 16.5. The fourth-order valence-electron chi connectivity index (χ4n) is 2.34. The number of imidazole rings is 1. The van der Waals surface area contributed by atoms with Crippen molar-refractivity contribution in [3.05, 3.63) is 54.2 Å². The molecule has 102 valence electrons. The summed E-state index contributed by atoms with van der Waals surface area (Å²) >= 11 is 0. The number of rotatable bonds is 4. The fraction of sp³-hybridized carbons (Fsp3) is 0.250. The minimum absolute atomic E-state index is 0.821. The third-order valence-corrected chi connectivity index (χ3v) is 3.49. The second-order valence-corrected chi connectivity index (χ2v) is 4.79. The van der Waals surface area contributed by atoms with Crippen molar-refractivity contribution in [1.82, 2.24) is 14.5 Å². The number of methoxy groups -OCH3 is 1. The molecule has 0 amide bonds. The van der Waals surface area contributed by atoms with E-state index in [0.29, 0.717) is 0 Å². The number of ether oxygens (including phenoxy) is 1. The van der Waals surface area contributed by atoms with E-state index >= 15 is 0 Å². The summed E-state index contributed by atoms with van der Waals surface area (Å²) in [6, 6.07) is 10.1. The summed E-state index contributed by atoms with van der Waals surface area (Å²) < 4.78 is 7.42. The molecule has 4 nitrogen and oxygen atoms in total. The van der Waals surface area contributed by atoms with Gasteiger partial charge in [-0.2, -0.15) is 0 Å². The molecule has 2 heterocycles. The summed E-state index contributed by atoms with van der Waals surface area (Å²) in [6.45, 7) is 0. The van der Waals surface area contributed by atoms with Gasteiger partial charge in [0, 0.05) is 36.9 Å². The summed E-state index contributed by atoms with van der Waals surface area (Å²) in [7, 11) is 3.69. The maximum atomic E-state index is 5.37. The number of para-hydroxylation sites is 1. The average molecular weight is 267 g/mol. The molecule has 0 radical (unpaired) electrons. The third-order valence-electron chi connectivity index (χ3n) is 3.49. The van der Waals surface area contributed by atoms with Gasteiger partial charge in [0.2, 0.25) is 0 Å². The van der Waals surface area contributed by atoms with Crippen LogP contribution in [0.15, 0.2) is 42.7 Å². The molecule has 1 aromatic carbocycles. The second-order valence-electron chi connectivity index (χ2n) is 4.79. The Bertz CT molecular complexity index is 733. The molecule has 0 atom stereocenters. The predicted octanol–water partition coefficient (Wildman–Crippen LogP) is 2.76. The molecule has 0 aliphatic carbocycles. The minimum Gasteiger partial charge on any atom is -0.494 e. The van der Waals surface area contributed by atoms with Crippen LogP contribution in [0.25, 0.3) is 10.9 Å². The molecule has 0 aliphatic heterocycles. The van der Waals surface area contributed by atoms with Crippen LogP contribution in [0, 0.1) is 0 Å². The lowest BCUT2D eigenvalue weighted by Gasteiger charge is -2.07. The maximum Gasteiger partial charge on any atom is 0.145 e. The van der Waals surface area contributed by atoms with Crippen LogP contribution < -0.4 is 4.74 Å². The summed E-state index contributed by atoms with van der Waals surface area (Å²) in [5.74, 6) is 1.90. The Morgan fingerprint density at radius 2 is 2.05 bits per heavy atom. The normalized spacial score (nSPS) is 10.9. The number of aromatic nitrogens is 3. The molecule has 4 heteroatoms. The topological polar surface area (TPSA) is 39.9 Å². The first kappa shape index (κ1) is 12.7. The number of aryl methyl sites for hydroxylation is 3. The molecule has 0 saturated carbocycles. The Kier molecular flexibility index (Phi) is 3.37. The van der Waals surface area contributed by atoms with Crippen molar-refractivity contribution in [3.63, 3.8) is 0 Å². The summed E-state index contributed by atoms with van der Waals surface area (Å²) in [4.78, 5) is 9.05. The van der Waals surface area contributed by atoms with E-state index in [2.05, 4.69) is 17.1 Å². The van der Waals surface area contributed by atoms with E-state index in [1.807, 2.05) is 42.2 Å². The molecule has 2 aromatic heterocycles. The molecule has 0 bridgehead atoms. The zero-order valence-corrected chi connectivity index (χ0v) is 11.7. The van der Waals surface area contributed by atoms with Crippen LogP contribution >= 0.6 is 0 Å². The first-order valence-corrected chi connectivity index (χ1v) is 6.67. The predicted molar refractivity (Wildman–Crippen MR) is 78.9 cm³/mol. The lowest BCUT2D eigenvalue weighted by atomic mass is 10.1. The molecule has 3 aromatic rings. The first-order chi connectivity index (χ1) is 9.78. The molecule has 0 saturated heterocycles. The van der Waals surface area contributed by atoms with Crippen molar-refractivity contribution in [2.24, 2.45) is 7.05 Å². The zero-order chi connectivity index (χ0) is 13.9. The lowest BCUT2D eigenvalue weighted by Crippen LogP contribution is -2.01. The average Bonchev–Trinajstić information content (AvgIpc) is 2.89. The molecule has 0 spiro atoms. The minimum atomic E-state index is 0.821. The van der Waals surface area contributed by atoms with Crippen LogP contribution in [-0.2, 0) is 19.9 Å². The van der Waals surface area contributed by atoms with Gasteiger partial charge in [-0.1, -0.05) is 18.2 Å². The van der Waals surface area contributed by atoms with Crippen molar-refractivity contribution >= 4 is 10.9 Å². The van der Waals surface area contributed by atoms with Gasteiger partial charge in [0.05, 0.1) is 7.11 Å². The zero-order valence-electron chi connectivity index (χ0n) is 11.7. The summed E-state index contributed by atoms with van der Waals surface area (Å²) in [5.41, 5.74) is 1.98. The molecular weight excluding hydrogens is 250 g/mol. The number of hydrogen-bond acceptors (Lipinski definition) is 3. The molecule has 0 fully saturated rings. The highest BCUT2D eigenvalue weighted by molar-refractivity contribution is 5.84. The Morgan fingerprint density at radius 3 is 2.80 bits per heavy atom. The first-order valence-electron chi connectivity index (χ1n) is 6.67. The number of hydrogen-bond donors (Lipinski definition) is 0. The van der Waals surface area contributed by atoms with Crippen LogP contribution in [0.5, 0.6) is 5.75 Å². The fourth-order valence-corrected chi connectivity index (χ4v) is 2.34. The number of benzene rings is 1. The standard InChI is InChI=1S/C16H17N3O/c1-19-11-10-17-15(19)9-8-13-7-6-12-4-3-5-14(20-2)16(12)18-13/h3-7,10-11H,8-9H2,1-2H3. The van der Waals surface area contributed by atoms with Gasteiger partial charge in [0.25, 0.3) is 0 Å². The number of nitrogens with zero attached hydrogens (tertiary/aromatic N) is 3. The van der Waals surface area contributed by atoms with E-state index in [1.165, 1.54) is 0 Å². The van der Waals surface area contributed by atoms with Crippen molar-refractivity contribution in [1.29, 1.82) is 0 Å². The molecule has 20 heavy (non-hydrogen) atoms. The Hall–Kier alpha value is -2.36. The van der Waals surface area contributed by atoms with E-state index in [1.54, 1.807) is 7.11 Å². The molecule has 0 N–H and O–H groups in total. The van der Waals surface area contributed by atoms with Gasteiger partial charge in [-0.05, 0) is 18.6 Å². The molecule has 0 unspecified atom stereocenters. The van der Waals surface area contributed by atoms with Crippen LogP contribution in [0.1, 0.15) is 11.5 Å². The smallest absolute Gasteiger partial charge is 0.145 e. The second kappa shape index (κ2) is 5.33. The summed E-state index contributed by atoms with van der Waals surface area (Å²) in [5, 5.41) is 1.10. The maximum absolute atomic E-state index is 5.37.